The van der Waals surface area contributed by atoms with Crippen LogP contribution in [-0.2, 0) is 6.42 Å². The number of benzene rings is 2. The smallest absolute Gasteiger partial charge is 0.251 e. The molecule has 0 radical (unpaired) electrons. The summed E-state index contributed by atoms with van der Waals surface area (Å²) in [7, 11) is 0. The lowest BCUT2D eigenvalue weighted by Crippen LogP contribution is -2.31. The largest absolute Gasteiger partial charge is 0.362 e. The van der Waals surface area contributed by atoms with Crippen LogP contribution in [0.1, 0.15) is 16.7 Å². The van der Waals surface area contributed by atoms with Crippen molar-refractivity contribution in [3.05, 3.63) is 74.5 Å². The zero-order chi connectivity index (χ0) is 18.7. The van der Waals surface area contributed by atoms with E-state index in [1.54, 1.807) is 12.1 Å². The number of rotatable bonds is 4. The molecule has 3 N–H and O–H groups in total. The van der Waals surface area contributed by atoms with Gasteiger partial charge in [0.25, 0.3) is 5.56 Å². The van der Waals surface area contributed by atoms with Crippen molar-refractivity contribution in [3.8, 4) is 0 Å². The molecule has 3 rings (SSSR count). The Kier molecular flexibility index (Phi) is 5.59. The molecule has 6 heteroatoms. The number of pyridine rings is 1. The number of aromatic amines is 1. The standard InChI is InChI=1S/C20H20ClN3OS/c1-12-3-4-14-11-15(19(25)24-18(14)13(12)2)9-10-22-20(26)23-17-7-5-16(21)6-8-17/h3-8,11H,9-10H2,1-2H3,(H,24,25)(H2,22,23,26). The van der Waals surface area contributed by atoms with Crippen molar-refractivity contribution < 1.29 is 0 Å². The summed E-state index contributed by atoms with van der Waals surface area (Å²) in [6.07, 6.45) is 0.584. The van der Waals surface area contributed by atoms with Gasteiger partial charge in [0.2, 0.25) is 0 Å². The number of aromatic nitrogens is 1. The van der Waals surface area contributed by atoms with Crippen LogP contribution >= 0.6 is 23.8 Å². The van der Waals surface area contributed by atoms with E-state index < -0.39 is 0 Å². The Balaban J connectivity index is 1.63. The Morgan fingerprint density at radius 1 is 1.15 bits per heavy atom. The highest BCUT2D eigenvalue weighted by atomic mass is 35.5. The Hall–Kier alpha value is -2.37. The summed E-state index contributed by atoms with van der Waals surface area (Å²) in [6, 6.07) is 13.4. The van der Waals surface area contributed by atoms with Crippen molar-refractivity contribution in [3.63, 3.8) is 0 Å². The molecule has 0 saturated carbocycles. The molecule has 0 aliphatic heterocycles. The molecule has 0 saturated heterocycles. The number of anilines is 1. The van der Waals surface area contributed by atoms with Gasteiger partial charge in [-0.05, 0) is 79.3 Å². The van der Waals surface area contributed by atoms with Crippen molar-refractivity contribution in [2.45, 2.75) is 20.3 Å². The van der Waals surface area contributed by atoms with E-state index >= 15 is 0 Å². The van der Waals surface area contributed by atoms with Crippen LogP contribution in [0.5, 0.6) is 0 Å². The number of hydrogen-bond acceptors (Lipinski definition) is 2. The fourth-order valence-electron chi connectivity index (χ4n) is 2.77. The van der Waals surface area contributed by atoms with Crippen LogP contribution < -0.4 is 16.2 Å². The Morgan fingerprint density at radius 3 is 2.62 bits per heavy atom. The van der Waals surface area contributed by atoms with Gasteiger partial charge in [0, 0.05) is 22.8 Å². The molecule has 0 aliphatic carbocycles. The van der Waals surface area contributed by atoms with Gasteiger partial charge in [-0.3, -0.25) is 4.79 Å². The SMILES string of the molecule is Cc1ccc2cc(CCNC(=S)Nc3ccc(Cl)cc3)c(=O)[nH]c2c1C. The minimum absolute atomic E-state index is 0.0513. The number of thiocarbonyl (C=S) groups is 1. The Morgan fingerprint density at radius 2 is 1.88 bits per heavy atom. The third-order valence-electron chi connectivity index (χ3n) is 4.41. The number of aryl methyl sites for hydroxylation is 2. The summed E-state index contributed by atoms with van der Waals surface area (Å²) in [5, 5.41) is 8.45. The molecule has 0 fully saturated rings. The van der Waals surface area contributed by atoms with E-state index in [-0.39, 0.29) is 5.56 Å². The topological polar surface area (TPSA) is 56.9 Å². The predicted molar refractivity (Wildman–Crippen MR) is 113 cm³/mol. The van der Waals surface area contributed by atoms with Crippen molar-refractivity contribution in [1.82, 2.24) is 10.3 Å². The first-order chi connectivity index (χ1) is 12.4. The van der Waals surface area contributed by atoms with Crippen LogP contribution in [0.3, 0.4) is 0 Å². The summed E-state index contributed by atoms with van der Waals surface area (Å²) in [6.45, 7) is 4.63. The lowest BCUT2D eigenvalue weighted by Gasteiger charge is -2.11. The molecule has 2 aromatic carbocycles. The zero-order valence-electron chi connectivity index (χ0n) is 14.7. The lowest BCUT2D eigenvalue weighted by molar-refractivity contribution is 0.863. The Labute approximate surface area is 162 Å². The van der Waals surface area contributed by atoms with Crippen LogP contribution in [-0.4, -0.2) is 16.6 Å². The second-order valence-corrected chi connectivity index (χ2v) is 7.08. The van der Waals surface area contributed by atoms with E-state index in [0.717, 1.165) is 27.7 Å². The average molecular weight is 386 g/mol. The van der Waals surface area contributed by atoms with Gasteiger partial charge in [-0.2, -0.15) is 0 Å². The molecule has 26 heavy (non-hydrogen) atoms. The third-order valence-corrected chi connectivity index (χ3v) is 4.91. The summed E-state index contributed by atoms with van der Waals surface area (Å²) >= 11 is 11.1. The fourth-order valence-corrected chi connectivity index (χ4v) is 3.12. The van der Waals surface area contributed by atoms with E-state index in [4.69, 9.17) is 23.8 Å². The second-order valence-electron chi connectivity index (χ2n) is 6.23. The molecule has 0 unspecified atom stereocenters. The van der Waals surface area contributed by atoms with E-state index in [2.05, 4.69) is 21.7 Å². The van der Waals surface area contributed by atoms with Gasteiger partial charge in [0.1, 0.15) is 0 Å². The van der Waals surface area contributed by atoms with Crippen molar-refractivity contribution in [2.75, 3.05) is 11.9 Å². The second kappa shape index (κ2) is 7.89. The van der Waals surface area contributed by atoms with E-state index in [9.17, 15) is 4.79 Å². The molecule has 1 aromatic heterocycles. The predicted octanol–water partition coefficient (Wildman–Crippen LogP) is 4.33. The van der Waals surface area contributed by atoms with Crippen LogP contribution in [0.15, 0.2) is 47.3 Å². The van der Waals surface area contributed by atoms with Gasteiger partial charge in [-0.1, -0.05) is 23.7 Å². The molecule has 0 bridgehead atoms. The van der Waals surface area contributed by atoms with Gasteiger partial charge in [-0.15, -0.1) is 0 Å². The number of nitrogens with one attached hydrogen (secondary N) is 3. The maximum atomic E-state index is 12.4. The van der Waals surface area contributed by atoms with Crippen molar-refractivity contribution in [2.24, 2.45) is 0 Å². The third kappa shape index (κ3) is 4.23. The summed E-state index contributed by atoms with van der Waals surface area (Å²) in [4.78, 5) is 15.4. The number of hydrogen-bond donors (Lipinski definition) is 3. The Bertz CT molecular complexity index is 1010. The zero-order valence-corrected chi connectivity index (χ0v) is 16.2. The number of fused-ring (bicyclic) bond motifs is 1. The molecule has 3 aromatic rings. The van der Waals surface area contributed by atoms with Gasteiger partial charge in [-0.25, -0.2) is 0 Å². The monoisotopic (exact) mass is 385 g/mol. The molecular weight excluding hydrogens is 366 g/mol. The van der Waals surface area contributed by atoms with Gasteiger partial charge >= 0.3 is 0 Å². The lowest BCUT2D eigenvalue weighted by atomic mass is 10.0. The van der Waals surface area contributed by atoms with Crippen LogP contribution in [0.2, 0.25) is 5.02 Å². The molecule has 4 nitrogen and oxygen atoms in total. The van der Waals surface area contributed by atoms with Crippen LogP contribution in [0, 0.1) is 13.8 Å². The summed E-state index contributed by atoms with van der Waals surface area (Å²) < 4.78 is 0. The van der Waals surface area contributed by atoms with E-state index in [1.165, 1.54) is 5.56 Å². The van der Waals surface area contributed by atoms with Gasteiger partial charge in [0.15, 0.2) is 5.11 Å². The van der Waals surface area contributed by atoms with E-state index in [0.29, 0.717) is 23.1 Å². The van der Waals surface area contributed by atoms with Crippen LogP contribution in [0.4, 0.5) is 5.69 Å². The molecule has 1 heterocycles. The maximum absolute atomic E-state index is 12.4. The molecule has 134 valence electrons. The summed E-state index contributed by atoms with van der Waals surface area (Å²) in [5.74, 6) is 0. The molecular formula is C20H20ClN3OS. The highest BCUT2D eigenvalue weighted by molar-refractivity contribution is 7.80. The highest BCUT2D eigenvalue weighted by Crippen LogP contribution is 2.19. The first-order valence-electron chi connectivity index (χ1n) is 8.36. The minimum Gasteiger partial charge on any atom is -0.362 e. The fraction of sp³-hybridized carbons (Fsp3) is 0.200. The van der Waals surface area contributed by atoms with Gasteiger partial charge < -0.3 is 15.6 Å². The quantitative estimate of drug-likeness (QED) is 0.585. The summed E-state index contributed by atoms with van der Waals surface area (Å²) in [5.41, 5.74) is 4.74. The van der Waals surface area contributed by atoms with Crippen LogP contribution in [0.25, 0.3) is 10.9 Å². The average Bonchev–Trinajstić information content (AvgIpc) is 2.61. The molecule has 0 spiro atoms. The van der Waals surface area contributed by atoms with E-state index in [1.807, 2.05) is 38.1 Å². The van der Waals surface area contributed by atoms with Crippen molar-refractivity contribution in [1.29, 1.82) is 0 Å². The molecule has 0 amide bonds. The van der Waals surface area contributed by atoms with Crippen molar-refractivity contribution >= 4 is 45.5 Å². The maximum Gasteiger partial charge on any atom is 0.251 e. The first kappa shape index (κ1) is 18.4. The minimum atomic E-state index is -0.0513. The molecule has 0 aliphatic rings. The number of H-pyrrole nitrogens is 1. The number of halogens is 1. The molecule has 0 atom stereocenters. The normalized spacial score (nSPS) is 10.7. The van der Waals surface area contributed by atoms with Gasteiger partial charge in [0.05, 0.1) is 5.52 Å². The first-order valence-corrected chi connectivity index (χ1v) is 9.15. The highest BCUT2D eigenvalue weighted by Gasteiger charge is 2.07.